The SMILES string of the molecule is COC(=O)c1cc(C(N)=S)ccc1-c1ccccc1[N+](=O)[O-].CS(=O)(=O)c1ccc(-c2csc(-c3ccc(-c4ccccc4[N+](=O)[O-])c(C(=O)O)c3)n2)cc1. The normalized spacial score (nSPS) is 10.8. The van der Waals surface area contributed by atoms with Crippen molar-refractivity contribution in [1.82, 2.24) is 4.98 Å². The van der Waals surface area contributed by atoms with Crippen molar-refractivity contribution in [3.05, 3.63) is 151 Å². The van der Waals surface area contributed by atoms with Gasteiger partial charge in [-0.2, -0.15) is 0 Å². The second-order valence-electron chi connectivity index (χ2n) is 11.6. The van der Waals surface area contributed by atoms with E-state index in [9.17, 15) is 43.3 Å². The zero-order chi connectivity index (χ0) is 40.0. The number of nitrogens with zero attached hydrogens (tertiary/aromatic N) is 3. The van der Waals surface area contributed by atoms with E-state index in [1.165, 1.54) is 67.0 Å². The summed E-state index contributed by atoms with van der Waals surface area (Å²) in [6, 6.07) is 27.8. The molecule has 55 heavy (non-hydrogen) atoms. The summed E-state index contributed by atoms with van der Waals surface area (Å²) in [4.78, 5) is 50.4. The highest BCUT2D eigenvalue weighted by Gasteiger charge is 2.23. The highest BCUT2D eigenvalue weighted by atomic mass is 32.2. The number of aromatic carboxylic acids is 1. The number of benzene rings is 5. The van der Waals surface area contributed by atoms with E-state index in [-0.39, 0.29) is 43.5 Å². The molecule has 0 radical (unpaired) electrons. The lowest BCUT2D eigenvalue weighted by Crippen LogP contribution is -2.12. The minimum absolute atomic E-state index is 0.0731. The fourth-order valence-corrected chi connectivity index (χ4v) is 7.02. The van der Waals surface area contributed by atoms with Gasteiger partial charge in [0.1, 0.15) is 10.00 Å². The minimum atomic E-state index is -3.30. The molecular weight excluding hydrogens is 769 g/mol. The number of thiocarbonyl (C=S) groups is 1. The summed E-state index contributed by atoms with van der Waals surface area (Å²) in [7, 11) is -2.07. The topological polar surface area (TPSA) is 223 Å². The fourth-order valence-electron chi connectivity index (χ4n) is 5.43. The maximum absolute atomic E-state index is 12.0. The molecule has 0 bridgehead atoms. The summed E-state index contributed by atoms with van der Waals surface area (Å²) < 4.78 is 28.0. The lowest BCUT2D eigenvalue weighted by molar-refractivity contribution is -0.384. The zero-order valence-corrected chi connectivity index (χ0v) is 31.2. The number of nitrogens with two attached hydrogens (primary N) is 1. The highest BCUT2D eigenvalue weighted by Crippen LogP contribution is 2.37. The number of hydrogen-bond donors (Lipinski definition) is 2. The first-order valence-corrected chi connectivity index (χ1v) is 18.9. The second-order valence-corrected chi connectivity index (χ2v) is 14.9. The van der Waals surface area contributed by atoms with Gasteiger partial charge in [-0.25, -0.2) is 23.0 Å². The van der Waals surface area contributed by atoms with E-state index in [0.29, 0.717) is 33.0 Å². The first-order valence-electron chi connectivity index (χ1n) is 15.7. The number of carboxylic acids is 1. The third-order valence-corrected chi connectivity index (χ3v) is 10.3. The fraction of sp³-hybridized carbons (Fsp3) is 0.0526. The van der Waals surface area contributed by atoms with Crippen molar-refractivity contribution in [2.75, 3.05) is 13.4 Å². The Hall–Kier alpha value is -6.69. The van der Waals surface area contributed by atoms with Crippen LogP contribution in [0.15, 0.2) is 119 Å². The van der Waals surface area contributed by atoms with Gasteiger partial charge in [0.05, 0.1) is 49.8 Å². The standard InChI is InChI=1S/C23H16N2O6S2.C15H12N2O4S/c1-33(30,31)16-9-6-14(7-10-16)20-13-32-22(24-20)15-8-11-17(19(12-15)23(26)27)18-4-2-3-5-21(18)25(28)29;1-21-15(18)12-8-9(14(16)22)6-7-10(12)11-4-2-3-5-13(11)17(19)20/h2-13H,1H3,(H,26,27);2-8H,1H3,(H2,16,22). The maximum Gasteiger partial charge on any atom is 0.338 e. The summed E-state index contributed by atoms with van der Waals surface area (Å²) in [5, 5.41) is 34.7. The monoisotopic (exact) mass is 796 g/mol. The number of carboxylic acid groups (broad SMARTS) is 1. The van der Waals surface area contributed by atoms with Gasteiger partial charge in [-0.05, 0) is 36.4 Å². The van der Waals surface area contributed by atoms with Gasteiger partial charge in [0.25, 0.3) is 11.4 Å². The smallest absolute Gasteiger partial charge is 0.338 e. The van der Waals surface area contributed by atoms with Gasteiger partial charge >= 0.3 is 11.9 Å². The predicted molar refractivity (Wildman–Crippen MR) is 211 cm³/mol. The maximum atomic E-state index is 12.0. The van der Waals surface area contributed by atoms with Crippen molar-refractivity contribution in [2.24, 2.45) is 5.73 Å². The van der Waals surface area contributed by atoms with Crippen molar-refractivity contribution < 1.29 is 37.7 Å². The molecule has 0 aliphatic heterocycles. The van der Waals surface area contributed by atoms with Crippen molar-refractivity contribution in [1.29, 1.82) is 0 Å². The molecule has 6 rings (SSSR count). The third kappa shape index (κ3) is 8.93. The Morgan fingerprint density at radius 2 is 1.31 bits per heavy atom. The molecule has 278 valence electrons. The van der Waals surface area contributed by atoms with Crippen LogP contribution in [0.25, 0.3) is 44.1 Å². The Balaban J connectivity index is 0.000000229. The molecule has 0 fully saturated rings. The molecule has 17 heteroatoms. The van der Waals surface area contributed by atoms with E-state index in [1.54, 1.807) is 66.0 Å². The Bertz CT molecular complexity index is 2610. The van der Waals surface area contributed by atoms with Gasteiger partial charge in [0, 0.05) is 51.6 Å². The van der Waals surface area contributed by atoms with Crippen LogP contribution in [0.3, 0.4) is 0 Å². The molecule has 3 N–H and O–H groups in total. The second kappa shape index (κ2) is 16.5. The van der Waals surface area contributed by atoms with Gasteiger partial charge in [0.15, 0.2) is 9.84 Å². The number of carbonyl (C=O) groups excluding carboxylic acids is 1. The predicted octanol–water partition coefficient (Wildman–Crippen LogP) is 7.84. The van der Waals surface area contributed by atoms with Crippen molar-refractivity contribution in [3.63, 3.8) is 0 Å². The number of methoxy groups -OCH3 is 1. The molecular formula is C38H28N4O10S3. The Morgan fingerprint density at radius 1 is 0.782 bits per heavy atom. The van der Waals surface area contributed by atoms with Crippen LogP contribution in [0, 0.1) is 20.2 Å². The number of sulfone groups is 1. The molecule has 0 atom stereocenters. The Morgan fingerprint density at radius 3 is 1.82 bits per heavy atom. The van der Waals surface area contributed by atoms with Crippen LogP contribution < -0.4 is 5.73 Å². The summed E-state index contributed by atoms with van der Waals surface area (Å²) >= 11 is 6.20. The van der Waals surface area contributed by atoms with Gasteiger partial charge in [-0.3, -0.25) is 20.2 Å². The number of esters is 1. The van der Waals surface area contributed by atoms with E-state index in [0.717, 1.165) is 11.8 Å². The Labute approximate surface area is 322 Å². The van der Waals surface area contributed by atoms with E-state index in [2.05, 4.69) is 4.98 Å². The van der Waals surface area contributed by atoms with Gasteiger partial charge < -0.3 is 15.6 Å². The van der Waals surface area contributed by atoms with Crippen LogP contribution in [0.2, 0.25) is 0 Å². The summed E-state index contributed by atoms with van der Waals surface area (Å²) in [6.45, 7) is 0. The molecule has 1 heterocycles. The van der Waals surface area contributed by atoms with Crippen LogP contribution in [0.1, 0.15) is 26.3 Å². The van der Waals surface area contributed by atoms with Crippen molar-refractivity contribution in [2.45, 2.75) is 4.90 Å². The lowest BCUT2D eigenvalue weighted by Gasteiger charge is -2.10. The number of hydrogen-bond acceptors (Lipinski definition) is 12. The van der Waals surface area contributed by atoms with Crippen LogP contribution in [-0.4, -0.2) is 58.6 Å². The largest absolute Gasteiger partial charge is 0.478 e. The molecule has 0 amide bonds. The van der Waals surface area contributed by atoms with Crippen molar-refractivity contribution >= 4 is 61.7 Å². The number of ether oxygens (including phenoxy) is 1. The van der Waals surface area contributed by atoms with Gasteiger partial charge in [0.2, 0.25) is 0 Å². The van der Waals surface area contributed by atoms with E-state index in [1.807, 2.05) is 0 Å². The van der Waals surface area contributed by atoms with Crippen molar-refractivity contribution in [3.8, 4) is 44.1 Å². The lowest BCUT2D eigenvalue weighted by atomic mass is 9.96. The van der Waals surface area contributed by atoms with Crippen LogP contribution >= 0.6 is 23.6 Å². The number of nitro benzene ring substituents is 2. The Kier molecular flexibility index (Phi) is 11.9. The van der Waals surface area contributed by atoms with Gasteiger partial charge in [-0.1, -0.05) is 72.9 Å². The number of rotatable bonds is 10. The quantitative estimate of drug-likeness (QED) is 0.0584. The van der Waals surface area contributed by atoms with E-state index in [4.69, 9.17) is 22.7 Å². The average molecular weight is 797 g/mol. The number of carbonyl (C=O) groups is 2. The molecule has 0 aliphatic carbocycles. The van der Waals surface area contributed by atoms with Crippen LogP contribution in [0.4, 0.5) is 11.4 Å². The molecule has 0 saturated heterocycles. The molecule has 5 aromatic carbocycles. The number of thiazole rings is 1. The summed E-state index contributed by atoms with van der Waals surface area (Å²) in [6.07, 6.45) is 1.14. The highest BCUT2D eigenvalue weighted by molar-refractivity contribution is 7.90. The molecule has 0 spiro atoms. The molecule has 0 unspecified atom stereocenters. The number of nitro groups is 2. The average Bonchev–Trinajstić information content (AvgIpc) is 3.67. The van der Waals surface area contributed by atoms with Crippen LogP contribution in [0.5, 0.6) is 0 Å². The summed E-state index contributed by atoms with van der Waals surface area (Å²) in [5.74, 6) is -1.83. The molecule has 1 aromatic heterocycles. The first kappa shape index (κ1) is 39.5. The van der Waals surface area contributed by atoms with Crippen LogP contribution in [-0.2, 0) is 14.6 Å². The first-order chi connectivity index (χ1) is 26.1. The third-order valence-electron chi connectivity index (χ3n) is 8.07. The molecule has 0 saturated carbocycles. The summed E-state index contributed by atoms with van der Waals surface area (Å²) in [5.41, 5.74) is 8.93. The number of para-hydroxylation sites is 2. The molecule has 0 aliphatic rings. The van der Waals surface area contributed by atoms with Gasteiger partial charge in [-0.15, -0.1) is 11.3 Å². The zero-order valence-electron chi connectivity index (χ0n) is 28.7. The van der Waals surface area contributed by atoms with E-state index >= 15 is 0 Å². The van der Waals surface area contributed by atoms with E-state index < -0.39 is 31.6 Å². The number of aromatic nitrogens is 1. The molecule has 14 nitrogen and oxygen atoms in total. The minimum Gasteiger partial charge on any atom is -0.478 e. The molecule has 6 aromatic rings.